The van der Waals surface area contributed by atoms with E-state index >= 15 is 0 Å². The summed E-state index contributed by atoms with van der Waals surface area (Å²) in [5.41, 5.74) is 7.14. The second-order valence-corrected chi connectivity index (χ2v) is 5.13. The van der Waals surface area contributed by atoms with E-state index in [9.17, 15) is 8.78 Å². The van der Waals surface area contributed by atoms with Crippen molar-refractivity contribution < 1.29 is 18.0 Å². The number of aromatic nitrogens is 3. The van der Waals surface area contributed by atoms with Gasteiger partial charge < -0.3 is 20.3 Å². The molecule has 3 N–H and O–H groups in total. The first kappa shape index (κ1) is 16.6. The van der Waals surface area contributed by atoms with Crippen LogP contribution in [0.15, 0.2) is 41.1 Å². The summed E-state index contributed by atoms with van der Waals surface area (Å²) in [5, 5.41) is 6.76. The van der Waals surface area contributed by atoms with Gasteiger partial charge in [-0.1, -0.05) is 5.16 Å². The summed E-state index contributed by atoms with van der Waals surface area (Å²) in [6.45, 7) is 0. The van der Waals surface area contributed by atoms with Crippen molar-refractivity contribution in [2.24, 2.45) is 0 Å². The fraction of sp³-hybridized carbons (Fsp3) is 0.188. The molecule has 9 heteroatoms. The van der Waals surface area contributed by atoms with Crippen LogP contribution in [0.5, 0.6) is 5.75 Å². The molecule has 0 unspecified atom stereocenters. The van der Waals surface area contributed by atoms with Gasteiger partial charge in [0.15, 0.2) is 0 Å². The summed E-state index contributed by atoms with van der Waals surface area (Å²) >= 11 is 0. The maximum atomic E-state index is 12.7. The molecule has 2 heterocycles. The van der Waals surface area contributed by atoms with Gasteiger partial charge in [-0.15, -0.1) is 0 Å². The van der Waals surface area contributed by atoms with Crippen molar-refractivity contribution in [1.29, 1.82) is 0 Å². The highest BCUT2D eigenvalue weighted by Gasteiger charge is 2.14. The third-order valence-electron chi connectivity index (χ3n) is 3.39. The number of methoxy groups -OCH3 is 1. The first-order valence-electron chi connectivity index (χ1n) is 7.33. The third-order valence-corrected chi connectivity index (χ3v) is 3.39. The van der Waals surface area contributed by atoms with Gasteiger partial charge in [-0.25, -0.2) is 13.8 Å². The molecule has 0 atom stereocenters. The predicted molar refractivity (Wildman–Crippen MR) is 87.9 cm³/mol. The van der Waals surface area contributed by atoms with Gasteiger partial charge in [0.2, 0.25) is 18.3 Å². The van der Waals surface area contributed by atoms with Crippen LogP contribution in [0.25, 0.3) is 11.3 Å². The van der Waals surface area contributed by atoms with E-state index < -0.39 is 12.8 Å². The Morgan fingerprint density at radius 1 is 1.28 bits per heavy atom. The highest BCUT2D eigenvalue weighted by Crippen LogP contribution is 2.27. The Morgan fingerprint density at radius 2 is 2.04 bits per heavy atom. The number of benzene rings is 1. The van der Waals surface area contributed by atoms with Gasteiger partial charge in [0.05, 0.1) is 7.11 Å². The van der Waals surface area contributed by atoms with Crippen LogP contribution < -0.4 is 15.8 Å². The Labute approximate surface area is 141 Å². The van der Waals surface area contributed by atoms with Crippen LogP contribution in [-0.2, 0) is 6.42 Å². The molecule has 0 spiro atoms. The van der Waals surface area contributed by atoms with Gasteiger partial charge in [-0.2, -0.15) is 4.98 Å². The molecule has 0 aliphatic rings. The average molecular weight is 347 g/mol. The largest absolute Gasteiger partial charge is 0.497 e. The summed E-state index contributed by atoms with van der Waals surface area (Å²) in [5.74, 6) is 1.10. The number of nitrogen functional groups attached to an aromatic ring is 1. The number of anilines is 3. The highest BCUT2D eigenvalue weighted by molar-refractivity contribution is 5.65. The standard InChI is InChI=1S/C16H15F2N5O2/c1-24-11-4-2-9(3-5-11)12-7-14(25-23-12)21-15-10(6-13(17)18)8-20-16(19)22-15/h2-5,7-8,13H,6H2,1H3,(H3,19,20,21,22). The zero-order chi connectivity index (χ0) is 17.8. The van der Waals surface area contributed by atoms with E-state index in [0.29, 0.717) is 5.69 Å². The number of rotatable bonds is 6. The molecule has 0 aliphatic carbocycles. The van der Waals surface area contributed by atoms with E-state index in [4.69, 9.17) is 15.0 Å². The number of halogens is 2. The SMILES string of the molecule is COc1ccc(-c2cc(Nc3nc(N)ncc3CC(F)F)on2)cc1. The molecule has 0 aliphatic heterocycles. The predicted octanol–water partition coefficient (Wildman–Crippen LogP) is 3.27. The van der Waals surface area contributed by atoms with E-state index in [1.54, 1.807) is 25.3 Å². The second kappa shape index (κ2) is 7.12. The fourth-order valence-electron chi connectivity index (χ4n) is 2.19. The Morgan fingerprint density at radius 3 is 2.72 bits per heavy atom. The molecule has 2 aromatic heterocycles. The van der Waals surface area contributed by atoms with E-state index in [1.165, 1.54) is 6.20 Å². The van der Waals surface area contributed by atoms with Gasteiger partial charge >= 0.3 is 0 Å². The minimum Gasteiger partial charge on any atom is -0.497 e. The van der Waals surface area contributed by atoms with E-state index in [2.05, 4.69) is 20.4 Å². The van der Waals surface area contributed by atoms with Crippen LogP contribution in [0, 0.1) is 0 Å². The van der Waals surface area contributed by atoms with Gasteiger partial charge in [-0.3, -0.25) is 0 Å². The number of hydrogen-bond donors (Lipinski definition) is 2. The molecule has 0 fully saturated rings. The fourth-order valence-corrected chi connectivity index (χ4v) is 2.19. The third kappa shape index (κ3) is 4.00. The molecule has 7 nitrogen and oxygen atoms in total. The molecule has 0 amide bonds. The van der Waals surface area contributed by atoms with Gasteiger partial charge in [-0.05, 0) is 24.3 Å². The van der Waals surface area contributed by atoms with Crippen LogP contribution in [0.2, 0.25) is 0 Å². The number of alkyl halides is 2. The lowest BCUT2D eigenvalue weighted by atomic mass is 10.1. The molecule has 25 heavy (non-hydrogen) atoms. The minimum absolute atomic E-state index is 0.0320. The number of hydrogen-bond acceptors (Lipinski definition) is 7. The van der Waals surface area contributed by atoms with E-state index in [1.807, 2.05) is 12.1 Å². The van der Waals surface area contributed by atoms with E-state index in [-0.39, 0.29) is 23.2 Å². The van der Waals surface area contributed by atoms with Crippen LogP contribution in [-0.4, -0.2) is 28.7 Å². The summed E-state index contributed by atoms with van der Waals surface area (Å²) in [4.78, 5) is 7.68. The summed E-state index contributed by atoms with van der Waals surface area (Å²) in [6, 6.07) is 8.87. The maximum Gasteiger partial charge on any atom is 0.242 e. The van der Waals surface area contributed by atoms with Crippen LogP contribution >= 0.6 is 0 Å². The topological polar surface area (TPSA) is 99.1 Å². The van der Waals surface area contributed by atoms with Crippen molar-refractivity contribution >= 4 is 17.7 Å². The zero-order valence-electron chi connectivity index (χ0n) is 13.2. The minimum atomic E-state index is -2.53. The van der Waals surface area contributed by atoms with Crippen LogP contribution in [0.3, 0.4) is 0 Å². The van der Waals surface area contributed by atoms with Crippen molar-refractivity contribution in [3.8, 4) is 17.0 Å². The smallest absolute Gasteiger partial charge is 0.242 e. The molecule has 3 rings (SSSR count). The number of nitrogens with zero attached hydrogens (tertiary/aromatic N) is 3. The Balaban J connectivity index is 1.82. The summed E-state index contributed by atoms with van der Waals surface area (Å²) in [6.07, 6.45) is -1.77. The monoisotopic (exact) mass is 347 g/mol. The highest BCUT2D eigenvalue weighted by atomic mass is 19.3. The van der Waals surface area contributed by atoms with Crippen molar-refractivity contribution in [2.45, 2.75) is 12.8 Å². The lowest BCUT2D eigenvalue weighted by Gasteiger charge is -2.08. The molecule has 0 saturated carbocycles. The lowest BCUT2D eigenvalue weighted by Crippen LogP contribution is -2.07. The number of nitrogens with two attached hydrogens (primary N) is 1. The van der Waals surface area contributed by atoms with Gasteiger partial charge in [0.25, 0.3) is 0 Å². The van der Waals surface area contributed by atoms with Crippen molar-refractivity contribution in [3.63, 3.8) is 0 Å². The molecule has 0 radical (unpaired) electrons. The molecule has 3 aromatic rings. The number of nitrogens with one attached hydrogen (secondary N) is 1. The number of ether oxygens (including phenoxy) is 1. The average Bonchev–Trinajstić information content (AvgIpc) is 3.05. The first-order valence-corrected chi connectivity index (χ1v) is 7.33. The molecule has 1 aromatic carbocycles. The summed E-state index contributed by atoms with van der Waals surface area (Å²) < 4.78 is 35.6. The lowest BCUT2D eigenvalue weighted by molar-refractivity contribution is 0.149. The van der Waals surface area contributed by atoms with E-state index in [0.717, 1.165) is 11.3 Å². The maximum absolute atomic E-state index is 12.7. The van der Waals surface area contributed by atoms with Crippen molar-refractivity contribution in [2.75, 3.05) is 18.2 Å². The normalized spacial score (nSPS) is 10.9. The molecule has 0 bridgehead atoms. The summed E-state index contributed by atoms with van der Waals surface area (Å²) in [7, 11) is 1.58. The Hall–Kier alpha value is -3.23. The van der Waals surface area contributed by atoms with Crippen molar-refractivity contribution in [1.82, 2.24) is 15.1 Å². The van der Waals surface area contributed by atoms with Crippen LogP contribution in [0.4, 0.5) is 26.4 Å². The molecular weight excluding hydrogens is 332 g/mol. The van der Waals surface area contributed by atoms with Crippen molar-refractivity contribution in [3.05, 3.63) is 42.1 Å². The Bertz CT molecular complexity index is 852. The zero-order valence-corrected chi connectivity index (χ0v) is 13.2. The van der Waals surface area contributed by atoms with Crippen LogP contribution in [0.1, 0.15) is 5.56 Å². The van der Waals surface area contributed by atoms with Gasteiger partial charge in [0.1, 0.15) is 17.3 Å². The molecule has 130 valence electrons. The molecular formula is C16H15F2N5O2. The first-order chi connectivity index (χ1) is 12.0. The Kier molecular flexibility index (Phi) is 4.73. The quantitative estimate of drug-likeness (QED) is 0.706. The second-order valence-electron chi connectivity index (χ2n) is 5.13. The van der Waals surface area contributed by atoms with Gasteiger partial charge in [0, 0.05) is 29.8 Å². The molecule has 0 saturated heterocycles.